The van der Waals surface area contributed by atoms with Crippen molar-refractivity contribution in [1.29, 1.82) is 0 Å². The molecule has 2 heterocycles. The predicted octanol–water partition coefficient (Wildman–Crippen LogP) is 2.74. The van der Waals surface area contributed by atoms with Gasteiger partial charge in [0, 0.05) is 35.4 Å². The van der Waals surface area contributed by atoms with Gasteiger partial charge in [-0.3, -0.25) is 19.7 Å². The van der Waals surface area contributed by atoms with Crippen molar-refractivity contribution < 1.29 is 19.0 Å². The quantitative estimate of drug-likeness (QED) is 0.397. The highest BCUT2D eigenvalue weighted by Crippen LogP contribution is 2.27. The van der Waals surface area contributed by atoms with Crippen molar-refractivity contribution in [2.24, 2.45) is 0 Å². The number of nitrogens with zero attached hydrogens (tertiary/aromatic N) is 4. The van der Waals surface area contributed by atoms with E-state index in [1.165, 1.54) is 36.4 Å². The topological polar surface area (TPSA) is 119 Å². The van der Waals surface area contributed by atoms with Gasteiger partial charge in [-0.05, 0) is 30.3 Å². The molecule has 0 fully saturated rings. The molecule has 2 aromatic carbocycles. The summed E-state index contributed by atoms with van der Waals surface area (Å²) >= 11 is 0. The molecule has 1 aliphatic heterocycles. The molecule has 3 aromatic rings. The maximum atomic E-state index is 11.8. The molecule has 0 aliphatic carbocycles. The highest BCUT2D eigenvalue weighted by molar-refractivity contribution is 6.28. The van der Waals surface area contributed by atoms with Crippen molar-refractivity contribution in [3.05, 3.63) is 70.8 Å². The third-order valence-electron chi connectivity index (χ3n) is 3.92. The number of non-ortho nitro benzene ring substituents is 1. The highest BCUT2D eigenvalue weighted by atomic mass is 16.6. The summed E-state index contributed by atoms with van der Waals surface area (Å²) in [6.45, 7) is 0. The third-order valence-corrected chi connectivity index (χ3v) is 3.92. The highest BCUT2D eigenvalue weighted by Gasteiger charge is 2.25. The molecule has 0 bridgehead atoms. The second kappa shape index (κ2) is 6.30. The van der Waals surface area contributed by atoms with Crippen molar-refractivity contribution in [2.45, 2.75) is 0 Å². The first kappa shape index (κ1) is 16.3. The fraction of sp³-hybridized carbons (Fsp3) is 0. The fourth-order valence-electron chi connectivity index (χ4n) is 2.62. The molecule has 0 radical (unpaired) electrons. The molecule has 0 atom stereocenters. The number of imide groups is 1. The molecule has 0 saturated heterocycles. The molecule has 1 aliphatic rings. The van der Waals surface area contributed by atoms with E-state index in [9.17, 15) is 19.7 Å². The Kier molecular flexibility index (Phi) is 3.81. The van der Waals surface area contributed by atoms with E-state index >= 15 is 0 Å². The fourth-order valence-corrected chi connectivity index (χ4v) is 2.62. The second-order valence-electron chi connectivity index (χ2n) is 5.62. The summed E-state index contributed by atoms with van der Waals surface area (Å²) < 4.78 is 5.26. The van der Waals surface area contributed by atoms with E-state index in [0.717, 1.165) is 4.90 Å². The molecule has 27 heavy (non-hydrogen) atoms. The van der Waals surface area contributed by atoms with Gasteiger partial charge in [0.25, 0.3) is 23.4 Å². The molecule has 0 spiro atoms. The van der Waals surface area contributed by atoms with Gasteiger partial charge in [0.2, 0.25) is 5.82 Å². The minimum Gasteiger partial charge on any atom is -0.334 e. The van der Waals surface area contributed by atoms with Gasteiger partial charge in [-0.25, -0.2) is 4.90 Å². The number of anilines is 1. The van der Waals surface area contributed by atoms with Crippen molar-refractivity contribution in [3.63, 3.8) is 0 Å². The van der Waals surface area contributed by atoms with E-state index in [2.05, 4.69) is 10.1 Å². The van der Waals surface area contributed by atoms with Crippen LogP contribution in [0.1, 0.15) is 0 Å². The summed E-state index contributed by atoms with van der Waals surface area (Å²) in [5.41, 5.74) is 1.44. The summed E-state index contributed by atoms with van der Waals surface area (Å²) in [4.78, 5) is 39.2. The summed E-state index contributed by atoms with van der Waals surface area (Å²) in [7, 11) is 0. The van der Waals surface area contributed by atoms with E-state index in [1.807, 2.05) is 0 Å². The largest absolute Gasteiger partial charge is 0.334 e. The van der Waals surface area contributed by atoms with E-state index in [-0.39, 0.29) is 17.4 Å². The average Bonchev–Trinajstić information content (AvgIpc) is 3.29. The van der Waals surface area contributed by atoms with Crippen molar-refractivity contribution in [1.82, 2.24) is 10.1 Å². The molecule has 2 amide bonds. The Morgan fingerprint density at radius 1 is 0.963 bits per heavy atom. The Labute approximate surface area is 151 Å². The van der Waals surface area contributed by atoms with Crippen LogP contribution in [-0.4, -0.2) is 26.9 Å². The van der Waals surface area contributed by atoms with Crippen LogP contribution >= 0.6 is 0 Å². The molecular weight excluding hydrogens is 352 g/mol. The average molecular weight is 362 g/mol. The molecule has 9 nitrogen and oxygen atoms in total. The van der Waals surface area contributed by atoms with Crippen LogP contribution in [0.2, 0.25) is 0 Å². The number of hydrogen-bond donors (Lipinski definition) is 0. The number of amides is 2. The number of benzene rings is 2. The molecule has 132 valence electrons. The van der Waals surface area contributed by atoms with Gasteiger partial charge in [-0.1, -0.05) is 11.2 Å². The standard InChI is InChI=1S/C18H10N4O5/c23-15-8-9-16(24)21(15)14-3-1-2-12(10-14)18-19-17(20-27-18)11-4-6-13(7-5-11)22(25)26/h1-10H. The first-order valence-corrected chi connectivity index (χ1v) is 7.78. The van der Waals surface area contributed by atoms with E-state index in [0.29, 0.717) is 16.8 Å². The zero-order valence-electron chi connectivity index (χ0n) is 13.6. The first-order valence-electron chi connectivity index (χ1n) is 7.78. The van der Waals surface area contributed by atoms with Crippen molar-refractivity contribution >= 4 is 23.2 Å². The van der Waals surface area contributed by atoms with Crippen LogP contribution in [0.25, 0.3) is 22.8 Å². The van der Waals surface area contributed by atoms with Gasteiger partial charge < -0.3 is 4.52 Å². The maximum Gasteiger partial charge on any atom is 0.269 e. The number of nitro groups is 1. The summed E-state index contributed by atoms with van der Waals surface area (Å²) in [6.07, 6.45) is 2.41. The minimum atomic E-state index is -0.493. The Morgan fingerprint density at radius 2 is 1.67 bits per heavy atom. The van der Waals surface area contributed by atoms with Crippen LogP contribution in [0, 0.1) is 10.1 Å². The van der Waals surface area contributed by atoms with Gasteiger partial charge in [0.05, 0.1) is 10.6 Å². The van der Waals surface area contributed by atoms with Gasteiger partial charge in [0.15, 0.2) is 0 Å². The normalized spacial score (nSPS) is 13.4. The number of aromatic nitrogens is 2. The third kappa shape index (κ3) is 2.97. The monoisotopic (exact) mass is 362 g/mol. The van der Waals surface area contributed by atoms with Crippen LogP contribution in [0.15, 0.2) is 65.2 Å². The molecule has 0 unspecified atom stereocenters. The Balaban J connectivity index is 1.64. The maximum absolute atomic E-state index is 11.8. The van der Waals surface area contributed by atoms with E-state index in [4.69, 9.17) is 4.52 Å². The van der Waals surface area contributed by atoms with Crippen LogP contribution in [0.3, 0.4) is 0 Å². The lowest BCUT2D eigenvalue weighted by Gasteiger charge is -2.13. The molecular formula is C18H10N4O5. The van der Waals surface area contributed by atoms with E-state index < -0.39 is 16.7 Å². The summed E-state index contributed by atoms with van der Waals surface area (Å²) in [6, 6.07) is 12.3. The Bertz CT molecular complexity index is 1080. The zero-order chi connectivity index (χ0) is 19.0. The molecule has 0 N–H and O–H groups in total. The molecule has 1 aromatic heterocycles. The first-order chi connectivity index (χ1) is 13.0. The number of nitro benzene ring substituents is 1. The lowest BCUT2D eigenvalue weighted by atomic mass is 10.1. The van der Waals surface area contributed by atoms with Crippen LogP contribution in [-0.2, 0) is 9.59 Å². The predicted molar refractivity (Wildman–Crippen MR) is 93.5 cm³/mol. The lowest BCUT2D eigenvalue weighted by molar-refractivity contribution is -0.384. The van der Waals surface area contributed by atoms with Gasteiger partial charge >= 0.3 is 0 Å². The SMILES string of the molecule is O=C1C=CC(=O)N1c1cccc(-c2nc(-c3ccc([N+](=O)[O-])cc3)no2)c1. The number of hydrogen-bond acceptors (Lipinski definition) is 7. The smallest absolute Gasteiger partial charge is 0.269 e. The van der Waals surface area contributed by atoms with Crippen molar-refractivity contribution in [3.8, 4) is 22.8 Å². The number of carbonyl (C=O) groups is 2. The lowest BCUT2D eigenvalue weighted by Crippen LogP contribution is -2.29. The second-order valence-corrected chi connectivity index (χ2v) is 5.62. The molecule has 9 heteroatoms. The van der Waals surface area contributed by atoms with Gasteiger partial charge in [-0.2, -0.15) is 4.98 Å². The molecule has 4 rings (SSSR count). The van der Waals surface area contributed by atoms with Crippen LogP contribution < -0.4 is 4.90 Å². The summed E-state index contributed by atoms with van der Waals surface area (Å²) in [5, 5.41) is 14.6. The minimum absolute atomic E-state index is 0.0382. The van der Waals surface area contributed by atoms with Crippen LogP contribution in [0.4, 0.5) is 11.4 Å². The zero-order valence-corrected chi connectivity index (χ0v) is 13.6. The Hall–Kier alpha value is -4.14. The van der Waals surface area contributed by atoms with Gasteiger partial charge in [-0.15, -0.1) is 0 Å². The van der Waals surface area contributed by atoms with Gasteiger partial charge in [0.1, 0.15) is 0 Å². The van der Waals surface area contributed by atoms with Crippen molar-refractivity contribution in [2.75, 3.05) is 4.90 Å². The Morgan fingerprint density at radius 3 is 2.33 bits per heavy atom. The van der Waals surface area contributed by atoms with E-state index in [1.54, 1.807) is 24.3 Å². The summed E-state index contributed by atoms with van der Waals surface area (Å²) in [5.74, 6) is -0.388. The molecule has 0 saturated carbocycles. The van der Waals surface area contributed by atoms with Crippen LogP contribution in [0.5, 0.6) is 0 Å². The number of rotatable bonds is 4. The number of carbonyl (C=O) groups excluding carboxylic acids is 2.